The fourth-order valence-electron chi connectivity index (χ4n) is 0.291. The molecule has 1 aliphatic rings. The lowest BCUT2D eigenvalue weighted by molar-refractivity contribution is 1.20. The second-order valence-corrected chi connectivity index (χ2v) is 2.14. The Morgan fingerprint density at radius 3 is 3.00 bits per heavy atom. The lowest BCUT2D eigenvalue weighted by Gasteiger charge is -1.88. The molecule has 0 atom stereocenters. The van der Waals surface area contributed by atoms with Gasteiger partial charge in [0.15, 0.2) is 0 Å². The quantitative estimate of drug-likeness (QED) is 0.510. The van der Waals surface area contributed by atoms with Gasteiger partial charge in [0.05, 0.1) is 18.8 Å². The number of rotatable bonds is 0. The standard InChI is InChI=1S/C4H3BrN2/c5-4-1-6-3-7-2-4/h1H,2H2. The predicted molar refractivity (Wildman–Crippen MR) is 31.7 cm³/mol. The molecule has 0 aromatic heterocycles. The number of halogens is 1. The third-order valence-corrected chi connectivity index (χ3v) is 1.02. The summed E-state index contributed by atoms with van der Waals surface area (Å²) < 4.78 is 1.01. The smallest absolute Gasteiger partial charge is 0.0946 e. The topological polar surface area (TPSA) is 24.7 Å². The largest absolute Gasteiger partial charge is 0.220 e. The third kappa shape index (κ3) is 1.26. The van der Waals surface area contributed by atoms with E-state index in [-0.39, 0.29) is 0 Å². The molecule has 0 aliphatic carbocycles. The highest BCUT2D eigenvalue weighted by Gasteiger charge is 1.87. The van der Waals surface area contributed by atoms with Crippen molar-refractivity contribution in [3.63, 3.8) is 0 Å². The number of aliphatic imine (C=N–C) groups is 2. The zero-order valence-corrected chi connectivity index (χ0v) is 5.14. The summed E-state index contributed by atoms with van der Waals surface area (Å²) in [4.78, 5) is 7.36. The molecule has 1 heterocycles. The predicted octanol–water partition coefficient (Wildman–Crippen LogP) is 1.41. The van der Waals surface area contributed by atoms with Gasteiger partial charge in [-0.1, -0.05) is 15.9 Å². The van der Waals surface area contributed by atoms with Gasteiger partial charge in [-0.05, 0) is 0 Å². The molecular formula is C4H3BrN2. The first-order chi connectivity index (χ1) is 3.39. The van der Waals surface area contributed by atoms with Crippen molar-refractivity contribution in [2.45, 2.75) is 0 Å². The average molecular weight is 159 g/mol. The van der Waals surface area contributed by atoms with Gasteiger partial charge < -0.3 is 0 Å². The van der Waals surface area contributed by atoms with Gasteiger partial charge in [-0.3, -0.25) is 0 Å². The van der Waals surface area contributed by atoms with Crippen LogP contribution >= 0.6 is 15.9 Å². The normalized spacial score (nSPS) is 17.0. The Morgan fingerprint density at radius 1 is 1.86 bits per heavy atom. The number of nitrogens with zero attached hydrogens (tertiary/aromatic N) is 2. The average Bonchev–Trinajstić information content (AvgIpc) is 1.69. The monoisotopic (exact) mass is 158 g/mol. The van der Waals surface area contributed by atoms with Crippen molar-refractivity contribution in [2.24, 2.45) is 9.98 Å². The summed E-state index contributed by atoms with van der Waals surface area (Å²) in [5, 5.41) is 0. The Labute approximate surface area is 49.8 Å². The molecule has 0 aromatic rings. The Hall–Kier alpha value is -0.400. The van der Waals surface area contributed by atoms with Crippen molar-refractivity contribution in [1.29, 1.82) is 0 Å². The van der Waals surface area contributed by atoms with Gasteiger partial charge >= 0.3 is 0 Å². The molecule has 3 heteroatoms. The Bertz CT molecular complexity index is 153. The Kier molecular flexibility index (Phi) is 1.39. The Balaban J connectivity index is 2.77. The summed E-state index contributed by atoms with van der Waals surface area (Å²) >= 11 is 3.22. The van der Waals surface area contributed by atoms with E-state index in [4.69, 9.17) is 0 Å². The van der Waals surface area contributed by atoms with E-state index in [1.54, 1.807) is 6.20 Å². The van der Waals surface area contributed by atoms with Crippen LogP contribution in [0.4, 0.5) is 0 Å². The van der Waals surface area contributed by atoms with Gasteiger partial charge in [0.25, 0.3) is 0 Å². The maximum Gasteiger partial charge on any atom is 0.0946 e. The van der Waals surface area contributed by atoms with Crippen LogP contribution in [-0.4, -0.2) is 12.6 Å². The molecular weight excluding hydrogens is 156 g/mol. The van der Waals surface area contributed by atoms with Crippen LogP contribution in [0.3, 0.4) is 0 Å². The zero-order valence-electron chi connectivity index (χ0n) is 3.56. The van der Waals surface area contributed by atoms with E-state index in [0.717, 1.165) is 4.48 Å². The van der Waals surface area contributed by atoms with Gasteiger partial charge in [-0.25, -0.2) is 4.99 Å². The first-order valence-corrected chi connectivity index (χ1v) is 2.65. The van der Waals surface area contributed by atoms with E-state index in [9.17, 15) is 0 Å². The molecule has 0 radical (unpaired) electrons. The first kappa shape index (κ1) is 4.75. The third-order valence-electron chi connectivity index (χ3n) is 0.563. The van der Waals surface area contributed by atoms with Crippen LogP contribution in [-0.2, 0) is 0 Å². The van der Waals surface area contributed by atoms with Gasteiger partial charge in [-0.2, -0.15) is 4.99 Å². The lowest BCUT2D eigenvalue weighted by Crippen LogP contribution is -1.80. The van der Waals surface area contributed by atoms with Crippen LogP contribution in [0.15, 0.2) is 20.7 Å². The minimum absolute atomic E-state index is 0.684. The molecule has 1 rings (SSSR count). The van der Waals surface area contributed by atoms with E-state index in [1.165, 1.54) is 0 Å². The summed E-state index contributed by atoms with van der Waals surface area (Å²) in [6, 6.07) is 2.46. The van der Waals surface area contributed by atoms with E-state index < -0.39 is 0 Å². The van der Waals surface area contributed by atoms with Gasteiger partial charge in [0.2, 0.25) is 0 Å². The SMILES string of the molecule is BrC1=CN=C=NC1. The van der Waals surface area contributed by atoms with Crippen molar-refractivity contribution >= 4 is 21.9 Å². The van der Waals surface area contributed by atoms with E-state index >= 15 is 0 Å². The molecule has 1 aliphatic heterocycles. The zero-order chi connectivity index (χ0) is 5.11. The van der Waals surface area contributed by atoms with E-state index in [2.05, 4.69) is 31.9 Å². The van der Waals surface area contributed by atoms with E-state index in [1.807, 2.05) is 0 Å². The Morgan fingerprint density at radius 2 is 2.71 bits per heavy atom. The highest BCUT2D eigenvalue weighted by molar-refractivity contribution is 9.11. The highest BCUT2D eigenvalue weighted by atomic mass is 79.9. The molecule has 0 saturated heterocycles. The summed E-state index contributed by atoms with van der Waals surface area (Å²) in [5.41, 5.74) is 0. The van der Waals surface area contributed by atoms with Crippen molar-refractivity contribution in [1.82, 2.24) is 0 Å². The molecule has 0 fully saturated rings. The second kappa shape index (κ2) is 2.05. The van der Waals surface area contributed by atoms with Crippen LogP contribution in [0, 0.1) is 0 Å². The lowest BCUT2D eigenvalue weighted by atomic mass is 10.6. The highest BCUT2D eigenvalue weighted by Crippen LogP contribution is 2.05. The van der Waals surface area contributed by atoms with E-state index in [0.29, 0.717) is 6.54 Å². The summed E-state index contributed by atoms with van der Waals surface area (Å²) in [7, 11) is 0. The number of hydrogen-bond acceptors (Lipinski definition) is 2. The molecule has 0 unspecified atom stereocenters. The van der Waals surface area contributed by atoms with Crippen molar-refractivity contribution in [3.8, 4) is 0 Å². The van der Waals surface area contributed by atoms with Crippen LogP contribution in [0.5, 0.6) is 0 Å². The van der Waals surface area contributed by atoms with Crippen molar-refractivity contribution in [2.75, 3.05) is 6.54 Å². The second-order valence-electron chi connectivity index (χ2n) is 1.12. The first-order valence-electron chi connectivity index (χ1n) is 1.85. The minimum atomic E-state index is 0.684. The van der Waals surface area contributed by atoms with Crippen LogP contribution in [0.2, 0.25) is 0 Å². The molecule has 2 nitrogen and oxygen atoms in total. The fraction of sp³-hybridized carbons (Fsp3) is 0.250. The van der Waals surface area contributed by atoms with Gasteiger partial charge in [-0.15, -0.1) is 0 Å². The molecule has 36 valence electrons. The number of hydrogen-bond donors (Lipinski definition) is 0. The maximum absolute atomic E-state index is 3.73. The molecule has 0 amide bonds. The summed E-state index contributed by atoms with van der Waals surface area (Å²) in [6.07, 6.45) is 1.69. The van der Waals surface area contributed by atoms with Gasteiger partial charge in [0, 0.05) is 4.48 Å². The molecule has 0 spiro atoms. The molecule has 7 heavy (non-hydrogen) atoms. The molecule has 0 saturated carbocycles. The summed E-state index contributed by atoms with van der Waals surface area (Å²) in [6.45, 7) is 0.684. The van der Waals surface area contributed by atoms with Crippen molar-refractivity contribution in [3.05, 3.63) is 10.7 Å². The van der Waals surface area contributed by atoms with Crippen LogP contribution in [0.1, 0.15) is 0 Å². The van der Waals surface area contributed by atoms with Crippen LogP contribution < -0.4 is 0 Å². The minimum Gasteiger partial charge on any atom is -0.220 e. The molecule has 0 aromatic carbocycles. The van der Waals surface area contributed by atoms with Crippen LogP contribution in [0.25, 0.3) is 0 Å². The van der Waals surface area contributed by atoms with Gasteiger partial charge in [0.1, 0.15) is 0 Å². The molecule has 0 bridgehead atoms. The van der Waals surface area contributed by atoms with Crippen molar-refractivity contribution < 1.29 is 0 Å². The maximum atomic E-state index is 3.73. The fourth-order valence-corrected chi connectivity index (χ4v) is 0.519. The molecule has 0 N–H and O–H groups in total. The summed E-state index contributed by atoms with van der Waals surface area (Å²) in [5.74, 6) is 0.